The molecule has 0 fully saturated rings. The van der Waals surface area contributed by atoms with E-state index >= 15 is 0 Å². The van der Waals surface area contributed by atoms with Gasteiger partial charge in [0, 0.05) is 15.4 Å². The van der Waals surface area contributed by atoms with Gasteiger partial charge in [0.05, 0.1) is 31.3 Å². The van der Waals surface area contributed by atoms with Gasteiger partial charge in [-0.25, -0.2) is 9.78 Å². The van der Waals surface area contributed by atoms with Crippen LogP contribution in [0.4, 0.5) is 0 Å². The fourth-order valence-corrected chi connectivity index (χ4v) is 4.14. The Kier molecular flexibility index (Phi) is 6.74. The minimum absolute atomic E-state index is 0.261. The van der Waals surface area contributed by atoms with Crippen molar-refractivity contribution in [3.8, 4) is 23.1 Å². The molecule has 0 aliphatic rings. The van der Waals surface area contributed by atoms with E-state index in [1.54, 1.807) is 30.3 Å². The van der Waals surface area contributed by atoms with Gasteiger partial charge in [0.15, 0.2) is 23.9 Å². The van der Waals surface area contributed by atoms with Crippen LogP contribution in [-0.4, -0.2) is 42.7 Å². The topological polar surface area (TPSA) is 105 Å². The van der Waals surface area contributed by atoms with Crippen LogP contribution in [-0.2, 0) is 9.53 Å². The molecule has 0 N–H and O–H groups in total. The zero-order valence-electron chi connectivity index (χ0n) is 19.8. The molecule has 0 aliphatic carbocycles. The van der Waals surface area contributed by atoms with Gasteiger partial charge >= 0.3 is 5.97 Å². The lowest BCUT2D eigenvalue weighted by Crippen LogP contribution is -2.20. The van der Waals surface area contributed by atoms with Crippen molar-refractivity contribution in [2.45, 2.75) is 0 Å². The van der Waals surface area contributed by atoms with E-state index in [9.17, 15) is 9.59 Å². The van der Waals surface area contributed by atoms with Gasteiger partial charge in [-0.1, -0.05) is 30.3 Å². The molecule has 0 radical (unpaired) electrons. The molecule has 37 heavy (non-hydrogen) atoms. The van der Waals surface area contributed by atoms with Crippen LogP contribution in [0.3, 0.4) is 0 Å². The first-order chi connectivity index (χ1) is 18.0. The number of rotatable bonds is 7. The molecular weight excluding hydrogens is 542 g/mol. The predicted octanol–water partition coefficient (Wildman–Crippen LogP) is 5.01. The van der Waals surface area contributed by atoms with Crippen LogP contribution < -0.4 is 15.0 Å². The molecule has 0 unspecified atom stereocenters. The Bertz CT molecular complexity index is 1690. The van der Waals surface area contributed by atoms with Crippen LogP contribution in [0.1, 0.15) is 5.56 Å². The summed E-state index contributed by atoms with van der Waals surface area (Å²) in [4.78, 5) is 29.6. The molecule has 0 aliphatic heterocycles. The number of furan rings is 1. The van der Waals surface area contributed by atoms with Crippen LogP contribution >= 0.6 is 15.9 Å². The van der Waals surface area contributed by atoms with Gasteiger partial charge < -0.3 is 18.6 Å². The minimum Gasteiger partial charge on any atom is -0.493 e. The Labute approximate surface area is 219 Å². The molecule has 0 bridgehead atoms. The molecule has 9 nitrogen and oxygen atoms in total. The van der Waals surface area contributed by atoms with Gasteiger partial charge in [-0.2, -0.15) is 9.78 Å². The number of benzene rings is 3. The van der Waals surface area contributed by atoms with Crippen LogP contribution in [0.2, 0.25) is 0 Å². The summed E-state index contributed by atoms with van der Waals surface area (Å²) in [5, 5.41) is 5.78. The molecule has 0 atom stereocenters. The van der Waals surface area contributed by atoms with Crippen molar-refractivity contribution in [1.29, 1.82) is 0 Å². The standard InChI is InChI=1S/C27H20BrN3O6/c1-34-22-12-17(19(28)13-23(22)36-15-25(32)35-2)14-29-31-26(24-11-16-7-3-6-10-21(16)37-24)30-20-9-5-4-8-18(20)27(31)33/h3-14H,15H2,1-2H3. The molecule has 0 saturated carbocycles. The predicted molar refractivity (Wildman–Crippen MR) is 142 cm³/mol. The molecule has 0 spiro atoms. The third-order valence-electron chi connectivity index (χ3n) is 5.57. The van der Waals surface area contributed by atoms with Crippen molar-refractivity contribution in [3.63, 3.8) is 0 Å². The van der Waals surface area contributed by atoms with E-state index in [0.717, 1.165) is 5.39 Å². The largest absolute Gasteiger partial charge is 0.493 e. The minimum atomic E-state index is -0.523. The number of carbonyl (C=O) groups excluding carboxylic acids is 1. The molecule has 5 rings (SSSR count). The maximum absolute atomic E-state index is 13.5. The molecule has 186 valence electrons. The zero-order chi connectivity index (χ0) is 25.9. The normalized spacial score (nSPS) is 11.3. The molecule has 0 saturated heterocycles. The lowest BCUT2D eigenvalue weighted by atomic mass is 10.2. The van der Waals surface area contributed by atoms with Gasteiger partial charge in [-0.05, 0) is 52.3 Å². The van der Waals surface area contributed by atoms with Gasteiger partial charge in [-0.3, -0.25) is 4.79 Å². The number of nitrogens with zero attached hydrogens (tertiary/aromatic N) is 3. The highest BCUT2D eigenvalue weighted by Gasteiger charge is 2.17. The number of para-hydroxylation sites is 2. The number of methoxy groups -OCH3 is 2. The Morgan fingerprint density at radius 1 is 1.08 bits per heavy atom. The van der Waals surface area contributed by atoms with Gasteiger partial charge in [-0.15, -0.1) is 0 Å². The highest BCUT2D eigenvalue weighted by atomic mass is 79.9. The molecule has 3 aromatic carbocycles. The second kappa shape index (κ2) is 10.3. The molecule has 2 aromatic heterocycles. The van der Waals surface area contributed by atoms with E-state index < -0.39 is 5.97 Å². The first kappa shape index (κ1) is 24.3. The number of halogens is 1. The fraction of sp³-hybridized carbons (Fsp3) is 0.111. The SMILES string of the molecule is COC(=O)COc1cc(Br)c(C=Nn2c(-c3cc4ccccc4o3)nc3ccccc3c2=O)cc1OC. The number of hydrogen-bond acceptors (Lipinski definition) is 8. The monoisotopic (exact) mass is 561 g/mol. The maximum Gasteiger partial charge on any atom is 0.343 e. The number of fused-ring (bicyclic) bond motifs is 2. The molecule has 0 amide bonds. The lowest BCUT2D eigenvalue weighted by Gasteiger charge is -2.12. The van der Waals surface area contributed by atoms with Gasteiger partial charge in [0.2, 0.25) is 5.82 Å². The van der Waals surface area contributed by atoms with E-state index in [2.05, 4.69) is 30.8 Å². The van der Waals surface area contributed by atoms with E-state index in [0.29, 0.717) is 43.8 Å². The van der Waals surface area contributed by atoms with Crippen molar-refractivity contribution in [1.82, 2.24) is 9.66 Å². The highest BCUT2D eigenvalue weighted by Crippen LogP contribution is 2.33. The third kappa shape index (κ3) is 4.83. The fourth-order valence-electron chi connectivity index (χ4n) is 3.72. The number of ether oxygens (including phenoxy) is 3. The van der Waals surface area contributed by atoms with E-state index in [-0.39, 0.29) is 18.0 Å². The van der Waals surface area contributed by atoms with Gasteiger partial charge in [0.1, 0.15) is 5.58 Å². The van der Waals surface area contributed by atoms with Crippen molar-refractivity contribution < 1.29 is 23.4 Å². The zero-order valence-corrected chi connectivity index (χ0v) is 21.4. The molecular formula is C27H20BrN3O6. The average molecular weight is 562 g/mol. The number of esters is 1. The smallest absolute Gasteiger partial charge is 0.343 e. The first-order valence-corrected chi connectivity index (χ1v) is 11.9. The van der Waals surface area contributed by atoms with E-state index in [4.69, 9.17) is 13.9 Å². The van der Waals surface area contributed by atoms with E-state index in [1.807, 2.05) is 36.4 Å². The Morgan fingerprint density at radius 3 is 2.65 bits per heavy atom. The summed E-state index contributed by atoms with van der Waals surface area (Å²) in [6, 6.07) is 19.7. The van der Waals surface area contributed by atoms with Crippen molar-refractivity contribution >= 4 is 50.0 Å². The van der Waals surface area contributed by atoms with Crippen molar-refractivity contribution in [3.05, 3.63) is 87.1 Å². The summed E-state index contributed by atoms with van der Waals surface area (Å²) >= 11 is 3.49. The Morgan fingerprint density at radius 2 is 1.86 bits per heavy atom. The van der Waals surface area contributed by atoms with Crippen LogP contribution in [0.15, 0.2) is 85.5 Å². The third-order valence-corrected chi connectivity index (χ3v) is 6.25. The quantitative estimate of drug-likeness (QED) is 0.203. The van der Waals surface area contributed by atoms with Crippen LogP contribution in [0.5, 0.6) is 11.5 Å². The summed E-state index contributed by atoms with van der Waals surface area (Å²) in [5.41, 5.74) is 1.45. The Hall–Kier alpha value is -4.44. The maximum atomic E-state index is 13.5. The second-order valence-corrected chi connectivity index (χ2v) is 8.71. The summed E-state index contributed by atoms with van der Waals surface area (Å²) in [7, 11) is 2.76. The van der Waals surface area contributed by atoms with Crippen molar-refractivity contribution in [2.75, 3.05) is 20.8 Å². The number of carbonyl (C=O) groups is 1. The average Bonchev–Trinajstić information content (AvgIpc) is 3.36. The first-order valence-electron chi connectivity index (χ1n) is 11.1. The summed E-state index contributed by atoms with van der Waals surface area (Å²) in [6.07, 6.45) is 1.50. The summed E-state index contributed by atoms with van der Waals surface area (Å²) in [5.74, 6) is 0.853. The molecule has 10 heteroatoms. The number of hydrogen-bond donors (Lipinski definition) is 0. The molecule has 5 aromatic rings. The van der Waals surface area contributed by atoms with Crippen molar-refractivity contribution in [2.24, 2.45) is 5.10 Å². The van der Waals surface area contributed by atoms with Crippen LogP contribution in [0, 0.1) is 0 Å². The van der Waals surface area contributed by atoms with Gasteiger partial charge in [0.25, 0.3) is 5.56 Å². The highest BCUT2D eigenvalue weighted by molar-refractivity contribution is 9.10. The van der Waals surface area contributed by atoms with E-state index in [1.165, 1.54) is 25.1 Å². The lowest BCUT2D eigenvalue weighted by molar-refractivity contribution is -0.142. The molecule has 2 heterocycles. The number of aromatic nitrogens is 2. The summed E-state index contributed by atoms with van der Waals surface area (Å²) in [6.45, 7) is -0.272. The second-order valence-electron chi connectivity index (χ2n) is 7.85. The Balaban J connectivity index is 1.61. The summed E-state index contributed by atoms with van der Waals surface area (Å²) < 4.78 is 23.3. The van der Waals surface area contributed by atoms with Crippen LogP contribution in [0.25, 0.3) is 33.5 Å².